The van der Waals surface area contributed by atoms with E-state index in [9.17, 15) is 0 Å². The lowest BCUT2D eigenvalue weighted by Crippen LogP contribution is -0.865. The van der Waals surface area contributed by atoms with E-state index in [1.807, 2.05) is 13.8 Å². The second-order valence-corrected chi connectivity index (χ2v) is 0. The minimum absolute atomic E-state index is 0. The third-order valence-electron chi connectivity index (χ3n) is 0. The van der Waals surface area contributed by atoms with Gasteiger partial charge in [-0.15, -0.1) is 0 Å². The predicted molar refractivity (Wildman–Crippen MR) is 37.8 cm³/mol. The third-order valence-corrected chi connectivity index (χ3v) is 0. The molecule has 0 nitrogen and oxygen atoms in total. The molecule has 0 aliphatic carbocycles. The Hall–Kier alpha value is 0.700. The molecule has 2 heteroatoms. The molecule has 0 saturated carbocycles. The Kier molecular flexibility index (Phi) is 454. The van der Waals surface area contributed by atoms with Crippen molar-refractivity contribution in [1.82, 2.24) is 0 Å². The molecule has 0 unspecified atom stereocenters. The molecule has 0 heterocycles. The maximum Gasteiger partial charge on any atom is 1.00 e. The third kappa shape index (κ3) is 69.9. The van der Waals surface area contributed by atoms with Crippen molar-refractivity contribution in [3.05, 3.63) is 0 Å². The van der Waals surface area contributed by atoms with Gasteiger partial charge in [-0.2, -0.15) is 26.1 Å². The van der Waals surface area contributed by atoms with Crippen molar-refractivity contribution >= 4 is 26.1 Å². The first kappa shape index (κ1) is 17.3. The lowest BCUT2D eigenvalue weighted by atomic mass is 11.0. The first-order valence-electron chi connectivity index (χ1n) is 1.45. The van der Waals surface area contributed by atoms with Gasteiger partial charge in [-0.3, -0.25) is 0 Å². The second-order valence-electron chi connectivity index (χ2n) is 0. The van der Waals surface area contributed by atoms with Gasteiger partial charge in [-0.25, -0.2) is 0 Å². The zero-order valence-corrected chi connectivity index (χ0v) is 5.84. The van der Waals surface area contributed by atoms with Crippen molar-refractivity contribution < 1.29 is 1.43 Å². The number of thiol groups is 1. The Morgan fingerprint density at radius 1 is 1.20 bits per heavy atom. The number of hydrogen-bond donors (Lipinski definition) is 1. The van der Waals surface area contributed by atoms with Gasteiger partial charge in [0.15, 0.2) is 0 Å². The summed E-state index contributed by atoms with van der Waals surface area (Å²) < 4.78 is 0. The van der Waals surface area contributed by atoms with Crippen molar-refractivity contribution in [2.24, 2.45) is 0 Å². The van der Waals surface area contributed by atoms with Crippen LogP contribution < -0.4 is 0 Å². The SMILES string of the molecule is CC.CS.S.[H+]. The zero-order chi connectivity index (χ0) is 4.00. The molecule has 0 spiro atoms. The topological polar surface area (TPSA) is 0 Å². The van der Waals surface area contributed by atoms with Crippen molar-refractivity contribution in [3.63, 3.8) is 0 Å². The molecule has 0 saturated heterocycles. The van der Waals surface area contributed by atoms with Crippen LogP contribution in [0.3, 0.4) is 0 Å². The highest BCUT2D eigenvalue weighted by atomic mass is 32.1. The summed E-state index contributed by atoms with van der Waals surface area (Å²) in [6.45, 7) is 4.00. The van der Waals surface area contributed by atoms with Crippen LogP contribution in [0.15, 0.2) is 0 Å². The lowest BCUT2D eigenvalue weighted by Gasteiger charge is -1.11. The Morgan fingerprint density at radius 2 is 1.20 bits per heavy atom. The highest BCUT2D eigenvalue weighted by Crippen LogP contribution is 1.31. The van der Waals surface area contributed by atoms with E-state index in [1.165, 1.54) is 0 Å². The fourth-order valence-electron chi connectivity index (χ4n) is 0. The molecule has 0 aliphatic heterocycles. The molecule has 0 bridgehead atoms. The molecule has 36 valence electrons. The van der Waals surface area contributed by atoms with E-state index in [0.717, 1.165) is 0 Å². The molecule has 5 heavy (non-hydrogen) atoms. The summed E-state index contributed by atoms with van der Waals surface area (Å²) in [6.07, 6.45) is 1.69. The van der Waals surface area contributed by atoms with Crippen LogP contribution >= 0.6 is 26.1 Å². The van der Waals surface area contributed by atoms with Gasteiger partial charge >= 0.3 is 1.43 Å². The highest BCUT2D eigenvalue weighted by molar-refractivity contribution is 7.79. The molecule has 0 aromatic carbocycles. The van der Waals surface area contributed by atoms with E-state index < -0.39 is 0 Å². The minimum atomic E-state index is 0. The van der Waals surface area contributed by atoms with Crippen LogP contribution in [0, 0.1) is 0 Å². The Morgan fingerprint density at radius 3 is 1.20 bits per heavy atom. The lowest BCUT2D eigenvalue weighted by molar-refractivity contribution is 1.50. The molecule has 0 radical (unpaired) electrons. The van der Waals surface area contributed by atoms with Crippen LogP contribution in [-0.2, 0) is 0 Å². The molecule has 0 rings (SSSR count). The van der Waals surface area contributed by atoms with E-state index in [4.69, 9.17) is 0 Å². The van der Waals surface area contributed by atoms with E-state index in [0.29, 0.717) is 0 Å². The largest absolute Gasteiger partial charge is 1.00 e. The van der Waals surface area contributed by atoms with Gasteiger partial charge in [0.05, 0.1) is 0 Å². The molecule has 0 fully saturated rings. The summed E-state index contributed by atoms with van der Waals surface area (Å²) in [5.41, 5.74) is 0. The van der Waals surface area contributed by atoms with Crippen LogP contribution in [0.2, 0.25) is 0 Å². The Labute approximate surface area is 48.3 Å². The van der Waals surface area contributed by atoms with E-state index >= 15 is 0 Å². The molecule has 0 aromatic rings. The maximum absolute atomic E-state index is 3.53. The van der Waals surface area contributed by atoms with Crippen molar-refractivity contribution in [2.45, 2.75) is 13.8 Å². The van der Waals surface area contributed by atoms with Crippen molar-refractivity contribution in [2.75, 3.05) is 6.26 Å². The highest BCUT2D eigenvalue weighted by Gasteiger charge is 0.932. The van der Waals surface area contributed by atoms with Gasteiger partial charge in [-0.05, 0) is 6.26 Å². The number of hydrogen-bond acceptors (Lipinski definition) is 1. The standard InChI is InChI=1S/C2H6.CH4S.H2S/c2*1-2;/h1-2H3;2H,1H3;1H2/p+1. The smallest absolute Gasteiger partial charge is 0.197 e. The summed E-state index contributed by atoms with van der Waals surface area (Å²) in [4.78, 5) is 0. The van der Waals surface area contributed by atoms with Gasteiger partial charge in [-0.1, -0.05) is 13.8 Å². The van der Waals surface area contributed by atoms with Crippen LogP contribution in [0.1, 0.15) is 15.3 Å². The molecular formula is C3H13S2+. The van der Waals surface area contributed by atoms with Crippen LogP contribution in [0.25, 0.3) is 0 Å². The maximum atomic E-state index is 3.53. The monoisotopic (exact) mass is 113 g/mol. The summed E-state index contributed by atoms with van der Waals surface area (Å²) in [7, 11) is 0. The van der Waals surface area contributed by atoms with E-state index in [1.54, 1.807) is 6.26 Å². The van der Waals surface area contributed by atoms with Crippen LogP contribution in [-0.4, -0.2) is 6.26 Å². The van der Waals surface area contributed by atoms with Gasteiger partial charge in [0.25, 0.3) is 0 Å². The Balaban J connectivity index is -0.00000000500. The van der Waals surface area contributed by atoms with Gasteiger partial charge in [0.2, 0.25) is 0 Å². The molecule has 0 aromatic heterocycles. The normalized spacial score (nSPS) is 2.40. The van der Waals surface area contributed by atoms with Crippen LogP contribution in [0.5, 0.6) is 0 Å². The van der Waals surface area contributed by atoms with E-state index in [-0.39, 0.29) is 14.9 Å². The summed E-state index contributed by atoms with van der Waals surface area (Å²) in [5, 5.41) is 0. The first-order valence-corrected chi connectivity index (χ1v) is 2.34. The van der Waals surface area contributed by atoms with Gasteiger partial charge in [0.1, 0.15) is 0 Å². The average molecular weight is 113 g/mol. The molecule has 0 aliphatic rings. The molecule has 0 atom stereocenters. The van der Waals surface area contributed by atoms with Crippen LogP contribution in [0.4, 0.5) is 0 Å². The fraction of sp³-hybridized carbons (Fsp3) is 1.00. The molecule has 0 amide bonds. The van der Waals surface area contributed by atoms with Gasteiger partial charge in [0, 0.05) is 0 Å². The molecular weight excluding hydrogens is 100 g/mol. The van der Waals surface area contributed by atoms with Crippen molar-refractivity contribution in [1.29, 1.82) is 0 Å². The Bertz CT molecular complexity index is 8.75. The quantitative estimate of drug-likeness (QED) is 0.455. The van der Waals surface area contributed by atoms with Gasteiger partial charge < -0.3 is 0 Å². The number of rotatable bonds is 0. The fourth-order valence-corrected chi connectivity index (χ4v) is 0. The first-order chi connectivity index (χ1) is 2.00. The zero-order valence-electron chi connectivity index (χ0n) is 4.95. The summed E-state index contributed by atoms with van der Waals surface area (Å²) in [5.74, 6) is 0. The van der Waals surface area contributed by atoms with E-state index in [2.05, 4.69) is 12.6 Å². The summed E-state index contributed by atoms with van der Waals surface area (Å²) >= 11 is 3.53. The van der Waals surface area contributed by atoms with Crippen molar-refractivity contribution in [3.8, 4) is 0 Å². The second kappa shape index (κ2) is 131. The average Bonchev–Trinajstić information content (AvgIpc) is 1.50. The summed E-state index contributed by atoms with van der Waals surface area (Å²) in [6, 6.07) is 0. The predicted octanol–water partition coefficient (Wildman–Crippen LogP) is 1.80. The molecule has 0 N–H and O–H groups in total. The minimum Gasteiger partial charge on any atom is -0.197 e.